The molecule has 78 valence electrons. The minimum Gasteiger partial charge on any atom is -0.387 e. The van der Waals surface area contributed by atoms with Crippen LogP contribution in [0.15, 0.2) is 16.6 Å². The molecule has 0 amide bonds. The van der Waals surface area contributed by atoms with Gasteiger partial charge in [0, 0.05) is 11.6 Å². The van der Waals surface area contributed by atoms with Crippen molar-refractivity contribution in [3.8, 4) is 0 Å². The van der Waals surface area contributed by atoms with Crippen molar-refractivity contribution in [3.05, 3.63) is 33.8 Å². The van der Waals surface area contributed by atoms with E-state index in [4.69, 9.17) is 5.73 Å². The predicted octanol–water partition coefficient (Wildman–Crippen LogP) is 2.11. The molecule has 5 heteroatoms. The molecule has 0 spiro atoms. The van der Waals surface area contributed by atoms with Gasteiger partial charge >= 0.3 is 0 Å². The Morgan fingerprint density at radius 1 is 1.36 bits per heavy atom. The molecule has 0 unspecified atom stereocenters. The number of hydrogen-bond acceptors (Lipinski definition) is 2. The van der Waals surface area contributed by atoms with Crippen LogP contribution in [0.5, 0.6) is 0 Å². The van der Waals surface area contributed by atoms with Crippen molar-refractivity contribution < 1.29 is 13.9 Å². The molecule has 2 atom stereocenters. The summed E-state index contributed by atoms with van der Waals surface area (Å²) in [4.78, 5) is 0. The van der Waals surface area contributed by atoms with E-state index in [2.05, 4.69) is 15.9 Å². The Labute approximate surface area is 88.9 Å². The third-order valence-corrected chi connectivity index (χ3v) is 2.46. The van der Waals surface area contributed by atoms with E-state index in [1.165, 1.54) is 6.92 Å². The highest BCUT2D eigenvalue weighted by atomic mass is 79.9. The topological polar surface area (TPSA) is 46.2 Å². The number of aliphatic hydroxyl groups excluding tert-OH is 1. The summed E-state index contributed by atoms with van der Waals surface area (Å²) in [5, 5.41) is 9.45. The van der Waals surface area contributed by atoms with Gasteiger partial charge in [-0.2, -0.15) is 0 Å². The fourth-order valence-electron chi connectivity index (χ4n) is 1.05. The molecule has 2 nitrogen and oxygen atoms in total. The van der Waals surface area contributed by atoms with E-state index in [1.807, 2.05) is 0 Å². The molecule has 14 heavy (non-hydrogen) atoms. The normalized spacial score (nSPS) is 15.3. The summed E-state index contributed by atoms with van der Waals surface area (Å²) in [5.41, 5.74) is 5.25. The van der Waals surface area contributed by atoms with Gasteiger partial charge in [0.05, 0.1) is 10.6 Å². The summed E-state index contributed by atoms with van der Waals surface area (Å²) in [6.45, 7) is 1.52. The minimum atomic E-state index is -1.20. The van der Waals surface area contributed by atoms with Crippen LogP contribution in [0.1, 0.15) is 18.6 Å². The molecule has 0 fully saturated rings. The molecule has 0 heterocycles. The van der Waals surface area contributed by atoms with Gasteiger partial charge in [0.2, 0.25) is 0 Å². The van der Waals surface area contributed by atoms with Crippen molar-refractivity contribution in [2.75, 3.05) is 0 Å². The van der Waals surface area contributed by atoms with Crippen LogP contribution in [0.3, 0.4) is 0 Å². The van der Waals surface area contributed by atoms with Gasteiger partial charge in [-0.05, 0) is 35.0 Å². The second kappa shape index (κ2) is 4.33. The Balaban J connectivity index is 3.15. The summed E-state index contributed by atoms with van der Waals surface area (Å²) in [7, 11) is 0. The molecular weight excluding hydrogens is 256 g/mol. The first kappa shape index (κ1) is 11.6. The van der Waals surface area contributed by atoms with Crippen LogP contribution in [-0.4, -0.2) is 11.1 Å². The number of nitrogens with two attached hydrogens (primary N) is 1. The van der Waals surface area contributed by atoms with Gasteiger partial charge in [0.1, 0.15) is 11.6 Å². The van der Waals surface area contributed by atoms with Gasteiger partial charge in [0.25, 0.3) is 0 Å². The quantitative estimate of drug-likeness (QED) is 0.805. The van der Waals surface area contributed by atoms with E-state index in [0.29, 0.717) is 0 Å². The Morgan fingerprint density at radius 3 is 2.43 bits per heavy atom. The molecule has 0 radical (unpaired) electrons. The van der Waals surface area contributed by atoms with Crippen LogP contribution < -0.4 is 5.73 Å². The highest BCUT2D eigenvalue weighted by molar-refractivity contribution is 9.10. The first-order chi connectivity index (χ1) is 6.43. The lowest BCUT2D eigenvalue weighted by Crippen LogP contribution is -2.25. The van der Waals surface area contributed by atoms with E-state index in [9.17, 15) is 13.9 Å². The SMILES string of the molecule is C[C@H](N)[C@H](O)c1cc(F)c(Br)cc1F. The second-order valence-electron chi connectivity index (χ2n) is 3.09. The van der Waals surface area contributed by atoms with Crippen molar-refractivity contribution in [3.63, 3.8) is 0 Å². The van der Waals surface area contributed by atoms with Gasteiger partial charge in [-0.25, -0.2) is 8.78 Å². The highest BCUT2D eigenvalue weighted by Gasteiger charge is 2.18. The van der Waals surface area contributed by atoms with Crippen molar-refractivity contribution in [1.82, 2.24) is 0 Å². The molecule has 0 saturated carbocycles. The fraction of sp³-hybridized carbons (Fsp3) is 0.333. The number of rotatable bonds is 2. The summed E-state index contributed by atoms with van der Waals surface area (Å²) in [6, 6.07) is 1.26. The maximum absolute atomic E-state index is 13.2. The van der Waals surface area contributed by atoms with Gasteiger partial charge in [-0.3, -0.25) is 0 Å². The molecule has 0 aliphatic carbocycles. The summed E-state index contributed by atoms with van der Waals surface area (Å²) >= 11 is 2.84. The maximum Gasteiger partial charge on any atom is 0.137 e. The largest absolute Gasteiger partial charge is 0.387 e. The van der Waals surface area contributed by atoms with E-state index in [-0.39, 0.29) is 10.0 Å². The van der Waals surface area contributed by atoms with Gasteiger partial charge in [-0.15, -0.1) is 0 Å². The standard InChI is InChI=1S/C9H10BrF2NO/c1-4(13)9(14)5-2-8(12)6(10)3-7(5)11/h2-4,9,14H,13H2,1H3/t4-,9-/m0/s1. The van der Waals surface area contributed by atoms with Gasteiger partial charge < -0.3 is 10.8 Å². The van der Waals surface area contributed by atoms with Crippen LogP contribution in [0.25, 0.3) is 0 Å². The molecule has 1 rings (SSSR count). The molecule has 0 aliphatic rings. The van der Waals surface area contributed by atoms with Gasteiger partial charge in [-0.1, -0.05) is 0 Å². The molecule has 0 saturated heterocycles. The van der Waals surface area contributed by atoms with Crippen molar-refractivity contribution >= 4 is 15.9 Å². The molecule has 1 aromatic rings. The smallest absolute Gasteiger partial charge is 0.137 e. The number of halogens is 3. The first-order valence-corrected chi connectivity index (χ1v) is 4.81. The Bertz CT molecular complexity index is 344. The summed E-state index contributed by atoms with van der Waals surface area (Å²) in [6.07, 6.45) is -1.20. The number of hydrogen-bond donors (Lipinski definition) is 2. The lowest BCUT2D eigenvalue weighted by atomic mass is 10.0. The third-order valence-electron chi connectivity index (χ3n) is 1.86. The summed E-state index contributed by atoms with van der Waals surface area (Å²) in [5.74, 6) is -1.30. The van der Waals surface area contributed by atoms with Crippen LogP contribution in [0, 0.1) is 11.6 Å². The van der Waals surface area contributed by atoms with Crippen molar-refractivity contribution in [1.29, 1.82) is 0 Å². The van der Waals surface area contributed by atoms with Crippen LogP contribution in [0.2, 0.25) is 0 Å². The molecule has 3 N–H and O–H groups in total. The Morgan fingerprint density at radius 2 is 1.93 bits per heavy atom. The highest BCUT2D eigenvalue weighted by Crippen LogP contribution is 2.25. The molecule has 0 bridgehead atoms. The lowest BCUT2D eigenvalue weighted by Gasteiger charge is -2.15. The minimum absolute atomic E-state index is 0.0237. The number of benzene rings is 1. The zero-order valence-corrected chi connectivity index (χ0v) is 9.05. The average Bonchev–Trinajstić information content (AvgIpc) is 2.10. The zero-order chi connectivity index (χ0) is 10.9. The van der Waals surface area contributed by atoms with Crippen LogP contribution in [0.4, 0.5) is 8.78 Å². The first-order valence-electron chi connectivity index (χ1n) is 4.01. The Kier molecular flexibility index (Phi) is 3.58. The fourth-order valence-corrected chi connectivity index (χ4v) is 1.36. The number of aliphatic hydroxyl groups is 1. The lowest BCUT2D eigenvalue weighted by molar-refractivity contribution is 0.148. The van der Waals surface area contributed by atoms with Crippen LogP contribution in [-0.2, 0) is 0 Å². The predicted molar refractivity (Wildman–Crippen MR) is 52.7 cm³/mol. The van der Waals surface area contributed by atoms with E-state index in [1.54, 1.807) is 0 Å². The third kappa shape index (κ3) is 2.29. The van der Waals surface area contributed by atoms with Gasteiger partial charge in [0.15, 0.2) is 0 Å². The van der Waals surface area contributed by atoms with E-state index in [0.717, 1.165) is 12.1 Å². The maximum atomic E-state index is 13.2. The van der Waals surface area contributed by atoms with E-state index < -0.39 is 23.8 Å². The van der Waals surface area contributed by atoms with Crippen LogP contribution >= 0.6 is 15.9 Å². The van der Waals surface area contributed by atoms with Crippen molar-refractivity contribution in [2.45, 2.75) is 19.1 Å². The second-order valence-corrected chi connectivity index (χ2v) is 3.95. The monoisotopic (exact) mass is 265 g/mol. The molecule has 1 aromatic carbocycles. The van der Waals surface area contributed by atoms with E-state index >= 15 is 0 Å². The Hall–Kier alpha value is -0.520. The molecular formula is C9H10BrF2NO. The summed E-state index contributed by atoms with van der Waals surface area (Å²) < 4.78 is 26.3. The average molecular weight is 266 g/mol. The molecule has 0 aromatic heterocycles. The zero-order valence-electron chi connectivity index (χ0n) is 7.47. The molecule has 0 aliphatic heterocycles. The van der Waals surface area contributed by atoms with Crippen molar-refractivity contribution in [2.24, 2.45) is 5.73 Å².